The van der Waals surface area contributed by atoms with E-state index in [1.165, 1.54) is 11.8 Å². The first kappa shape index (κ1) is 13.5. The largest absolute Gasteiger partial charge is 0.384 e. The molecule has 0 radical (unpaired) electrons. The average molecular weight is 269 g/mol. The minimum absolute atomic E-state index is 0.164. The molecule has 0 aliphatic carbocycles. The van der Waals surface area contributed by atoms with E-state index in [1.807, 2.05) is 13.1 Å². The summed E-state index contributed by atoms with van der Waals surface area (Å²) in [5, 5.41) is 10.4. The number of aryl methyl sites for hydroxylation is 1. The Kier molecular flexibility index (Phi) is 4.31. The second-order valence-corrected chi connectivity index (χ2v) is 5.94. The molecule has 6 heteroatoms. The zero-order valence-electron chi connectivity index (χ0n) is 10.8. The summed E-state index contributed by atoms with van der Waals surface area (Å²) in [6.45, 7) is 7.54. The number of aromatic nitrogens is 1. The van der Waals surface area contributed by atoms with Gasteiger partial charge in [-0.3, -0.25) is 9.69 Å². The highest BCUT2D eigenvalue weighted by Crippen LogP contribution is 2.15. The highest BCUT2D eigenvalue weighted by molar-refractivity contribution is 7.11. The van der Waals surface area contributed by atoms with E-state index in [-0.39, 0.29) is 5.91 Å². The molecule has 5 nitrogen and oxygen atoms in total. The van der Waals surface area contributed by atoms with E-state index in [4.69, 9.17) is 0 Å². The van der Waals surface area contributed by atoms with Crippen LogP contribution in [-0.4, -0.2) is 58.1 Å². The molecule has 1 unspecified atom stereocenters. The summed E-state index contributed by atoms with van der Waals surface area (Å²) in [6.07, 6.45) is 1.04. The quantitative estimate of drug-likeness (QED) is 0.867. The zero-order chi connectivity index (χ0) is 13.1. The average Bonchev–Trinajstić information content (AvgIpc) is 2.75. The van der Waals surface area contributed by atoms with Crippen molar-refractivity contribution in [3.05, 3.63) is 16.1 Å². The van der Waals surface area contributed by atoms with E-state index in [1.54, 1.807) is 16.2 Å². The molecule has 2 heterocycles. The molecule has 1 amide bonds. The first-order valence-electron chi connectivity index (χ1n) is 6.17. The van der Waals surface area contributed by atoms with E-state index < -0.39 is 6.10 Å². The molecule has 1 aromatic rings. The monoisotopic (exact) mass is 269 g/mol. The fourth-order valence-electron chi connectivity index (χ4n) is 2.09. The summed E-state index contributed by atoms with van der Waals surface area (Å²) in [5.41, 5.74) is 0. The van der Waals surface area contributed by atoms with Crippen LogP contribution in [0.1, 0.15) is 16.8 Å². The van der Waals surface area contributed by atoms with Gasteiger partial charge in [-0.25, -0.2) is 4.98 Å². The van der Waals surface area contributed by atoms with E-state index in [0.29, 0.717) is 13.1 Å². The Hall–Kier alpha value is -0.980. The standard InChI is InChI=1S/C12H19N3O2S/c1-9(16)12(17)15-5-3-14(4-6-15)8-11-7-13-10(2)18-11/h7,9,16H,3-6,8H2,1-2H3. The van der Waals surface area contributed by atoms with Gasteiger partial charge in [-0.2, -0.15) is 0 Å². The van der Waals surface area contributed by atoms with Crippen LogP contribution < -0.4 is 0 Å². The molecular weight excluding hydrogens is 250 g/mol. The Balaban J connectivity index is 1.82. The van der Waals surface area contributed by atoms with Gasteiger partial charge >= 0.3 is 0 Å². The fraction of sp³-hybridized carbons (Fsp3) is 0.667. The van der Waals surface area contributed by atoms with Gasteiger partial charge in [-0.05, 0) is 13.8 Å². The maximum absolute atomic E-state index is 11.6. The summed E-state index contributed by atoms with van der Waals surface area (Å²) >= 11 is 1.72. The van der Waals surface area contributed by atoms with Crippen LogP contribution in [0.5, 0.6) is 0 Å². The number of rotatable bonds is 3. The molecule has 100 valence electrons. The van der Waals surface area contributed by atoms with Gasteiger partial charge in [-0.15, -0.1) is 11.3 Å². The molecule has 2 rings (SSSR count). The number of carbonyl (C=O) groups excluding carboxylic acids is 1. The van der Waals surface area contributed by atoms with Gasteiger partial charge in [0.2, 0.25) is 0 Å². The van der Waals surface area contributed by atoms with E-state index in [9.17, 15) is 9.90 Å². The number of carbonyl (C=O) groups is 1. The van der Waals surface area contributed by atoms with Gasteiger partial charge in [0.05, 0.1) is 5.01 Å². The number of nitrogens with zero attached hydrogens (tertiary/aromatic N) is 3. The van der Waals surface area contributed by atoms with Crippen molar-refractivity contribution in [1.29, 1.82) is 0 Å². The third kappa shape index (κ3) is 3.28. The maximum atomic E-state index is 11.6. The lowest BCUT2D eigenvalue weighted by Crippen LogP contribution is -2.50. The molecule has 1 atom stereocenters. The molecule has 1 saturated heterocycles. The Morgan fingerprint density at radius 2 is 2.17 bits per heavy atom. The summed E-state index contributed by atoms with van der Waals surface area (Å²) in [7, 11) is 0. The Morgan fingerprint density at radius 3 is 2.67 bits per heavy atom. The van der Waals surface area contributed by atoms with Gasteiger partial charge in [0.1, 0.15) is 6.10 Å². The lowest BCUT2D eigenvalue weighted by atomic mass is 10.2. The Morgan fingerprint density at radius 1 is 1.50 bits per heavy atom. The number of aliphatic hydroxyl groups excluding tert-OH is 1. The maximum Gasteiger partial charge on any atom is 0.251 e. The smallest absolute Gasteiger partial charge is 0.251 e. The first-order chi connectivity index (χ1) is 8.56. The predicted molar refractivity (Wildman–Crippen MR) is 70.4 cm³/mol. The normalized spacial score (nSPS) is 18.9. The van der Waals surface area contributed by atoms with Crippen LogP contribution in [0.15, 0.2) is 6.20 Å². The van der Waals surface area contributed by atoms with Gasteiger partial charge < -0.3 is 10.0 Å². The van der Waals surface area contributed by atoms with Crippen molar-refractivity contribution in [1.82, 2.24) is 14.8 Å². The van der Waals surface area contributed by atoms with Crippen LogP contribution in [-0.2, 0) is 11.3 Å². The Bertz CT molecular complexity index is 411. The molecule has 18 heavy (non-hydrogen) atoms. The Labute approximate surface area is 111 Å². The second kappa shape index (κ2) is 5.77. The molecule has 1 N–H and O–H groups in total. The van der Waals surface area contributed by atoms with Crippen molar-refractivity contribution in [3.8, 4) is 0 Å². The van der Waals surface area contributed by atoms with Crippen LogP contribution in [0.3, 0.4) is 0 Å². The molecule has 1 aromatic heterocycles. The minimum atomic E-state index is -0.888. The lowest BCUT2D eigenvalue weighted by molar-refractivity contribution is -0.141. The molecule has 0 spiro atoms. The van der Waals surface area contributed by atoms with Gasteiger partial charge in [-0.1, -0.05) is 0 Å². The predicted octanol–water partition coefficient (Wildman–Crippen LogP) is 0.477. The van der Waals surface area contributed by atoms with Crippen LogP contribution in [0, 0.1) is 6.92 Å². The van der Waals surface area contributed by atoms with Gasteiger partial charge in [0, 0.05) is 43.8 Å². The SMILES string of the molecule is Cc1ncc(CN2CCN(C(=O)C(C)O)CC2)s1. The second-order valence-electron chi connectivity index (χ2n) is 4.62. The van der Waals surface area contributed by atoms with Crippen molar-refractivity contribution in [2.24, 2.45) is 0 Å². The molecule has 1 aliphatic rings. The highest BCUT2D eigenvalue weighted by atomic mass is 32.1. The molecule has 1 fully saturated rings. The van der Waals surface area contributed by atoms with Crippen LogP contribution in [0.2, 0.25) is 0 Å². The van der Waals surface area contributed by atoms with Crippen LogP contribution in [0.25, 0.3) is 0 Å². The lowest BCUT2D eigenvalue weighted by Gasteiger charge is -2.35. The topological polar surface area (TPSA) is 56.7 Å². The molecular formula is C12H19N3O2S. The van der Waals surface area contributed by atoms with Gasteiger partial charge in [0.15, 0.2) is 0 Å². The summed E-state index contributed by atoms with van der Waals surface area (Å²) < 4.78 is 0. The molecule has 0 saturated carbocycles. The summed E-state index contributed by atoms with van der Waals surface area (Å²) in [6, 6.07) is 0. The minimum Gasteiger partial charge on any atom is -0.384 e. The molecule has 1 aliphatic heterocycles. The fourth-order valence-corrected chi connectivity index (χ4v) is 2.93. The van der Waals surface area contributed by atoms with Crippen molar-refractivity contribution >= 4 is 17.2 Å². The number of hydrogen-bond acceptors (Lipinski definition) is 5. The molecule has 0 aromatic carbocycles. The van der Waals surface area contributed by atoms with E-state index in [0.717, 1.165) is 24.6 Å². The third-order valence-corrected chi connectivity index (χ3v) is 3.99. The van der Waals surface area contributed by atoms with Crippen molar-refractivity contribution < 1.29 is 9.90 Å². The van der Waals surface area contributed by atoms with Crippen molar-refractivity contribution in [3.63, 3.8) is 0 Å². The third-order valence-electron chi connectivity index (χ3n) is 3.09. The molecule has 0 bridgehead atoms. The number of piperazine rings is 1. The highest BCUT2D eigenvalue weighted by Gasteiger charge is 2.23. The van der Waals surface area contributed by atoms with Crippen LogP contribution in [0.4, 0.5) is 0 Å². The number of aliphatic hydroxyl groups is 1. The number of hydrogen-bond donors (Lipinski definition) is 1. The van der Waals surface area contributed by atoms with E-state index >= 15 is 0 Å². The van der Waals surface area contributed by atoms with Crippen LogP contribution >= 0.6 is 11.3 Å². The van der Waals surface area contributed by atoms with E-state index in [2.05, 4.69) is 9.88 Å². The number of amides is 1. The van der Waals surface area contributed by atoms with Crippen molar-refractivity contribution in [2.75, 3.05) is 26.2 Å². The van der Waals surface area contributed by atoms with Gasteiger partial charge in [0.25, 0.3) is 5.91 Å². The van der Waals surface area contributed by atoms with Crippen molar-refractivity contribution in [2.45, 2.75) is 26.5 Å². The first-order valence-corrected chi connectivity index (χ1v) is 6.98. The summed E-state index contributed by atoms with van der Waals surface area (Å²) in [4.78, 5) is 21.2. The number of thiazole rings is 1. The zero-order valence-corrected chi connectivity index (χ0v) is 11.6. The summed E-state index contributed by atoms with van der Waals surface area (Å²) in [5.74, 6) is -0.164.